The number of hydrogen-bond donors (Lipinski definition) is 1. The van der Waals surface area contributed by atoms with Crippen molar-refractivity contribution in [3.05, 3.63) is 57.6 Å². The Kier molecular flexibility index (Phi) is 4.63. The van der Waals surface area contributed by atoms with Crippen molar-refractivity contribution in [3.63, 3.8) is 0 Å². The summed E-state index contributed by atoms with van der Waals surface area (Å²) in [6, 6.07) is 9.16. The zero-order valence-corrected chi connectivity index (χ0v) is 14.5. The molecule has 2 aromatic rings. The maximum Gasteiger partial charge on any atom is 0.293 e. The number of fused-ring (bicyclic) bond motifs is 1. The molecule has 0 atom stereocenters. The molecule has 0 radical (unpaired) electrons. The van der Waals surface area contributed by atoms with Crippen molar-refractivity contribution in [2.24, 2.45) is 0 Å². The highest BCUT2D eigenvalue weighted by atomic mass is 32.2. The summed E-state index contributed by atoms with van der Waals surface area (Å²) in [5.41, 5.74) is 2.06. The number of sulfonamides is 1. The summed E-state index contributed by atoms with van der Waals surface area (Å²) in [4.78, 5) is 10.2. The van der Waals surface area contributed by atoms with Crippen molar-refractivity contribution < 1.29 is 18.1 Å². The number of anilines is 1. The number of hydrogen-bond acceptors (Lipinski definition) is 5. The van der Waals surface area contributed by atoms with E-state index in [2.05, 4.69) is 4.72 Å². The molecule has 1 aliphatic rings. The van der Waals surface area contributed by atoms with E-state index in [1.54, 1.807) is 12.1 Å². The normalized spacial score (nSPS) is 13.8. The van der Waals surface area contributed by atoms with Crippen LogP contribution in [0.3, 0.4) is 0 Å². The Morgan fingerprint density at radius 2 is 1.92 bits per heavy atom. The number of nitro benzene ring substituents is 1. The molecule has 3 rings (SSSR count). The van der Waals surface area contributed by atoms with Gasteiger partial charge in [-0.05, 0) is 55.0 Å². The highest BCUT2D eigenvalue weighted by molar-refractivity contribution is 7.92. The molecule has 2 aromatic carbocycles. The molecule has 0 unspecified atom stereocenters. The van der Waals surface area contributed by atoms with Gasteiger partial charge in [0.1, 0.15) is 5.75 Å². The third kappa shape index (κ3) is 3.43. The van der Waals surface area contributed by atoms with Gasteiger partial charge in [0.2, 0.25) is 0 Å². The predicted molar refractivity (Wildman–Crippen MR) is 93.5 cm³/mol. The minimum absolute atomic E-state index is 0.225. The first-order valence-corrected chi connectivity index (χ1v) is 9.37. The van der Waals surface area contributed by atoms with Crippen LogP contribution in [0.2, 0.25) is 0 Å². The van der Waals surface area contributed by atoms with Gasteiger partial charge in [-0.15, -0.1) is 0 Å². The quantitative estimate of drug-likeness (QED) is 0.650. The van der Waals surface area contributed by atoms with E-state index in [1.165, 1.54) is 19.2 Å². The van der Waals surface area contributed by atoms with Gasteiger partial charge in [0, 0.05) is 0 Å². The number of ether oxygens (including phenoxy) is 1. The van der Waals surface area contributed by atoms with Gasteiger partial charge >= 0.3 is 0 Å². The molecule has 0 amide bonds. The van der Waals surface area contributed by atoms with Crippen LogP contribution in [0.1, 0.15) is 24.0 Å². The first kappa shape index (κ1) is 17.2. The van der Waals surface area contributed by atoms with Gasteiger partial charge in [0.25, 0.3) is 15.7 Å². The van der Waals surface area contributed by atoms with Crippen LogP contribution in [-0.4, -0.2) is 20.5 Å². The smallest absolute Gasteiger partial charge is 0.293 e. The zero-order chi connectivity index (χ0) is 18.0. The molecule has 0 fully saturated rings. The molecular formula is C17H18N2O5S. The largest absolute Gasteiger partial charge is 0.497 e. The van der Waals surface area contributed by atoms with Crippen molar-refractivity contribution in [1.29, 1.82) is 0 Å². The fourth-order valence-electron chi connectivity index (χ4n) is 3.07. The average Bonchev–Trinajstić information content (AvgIpc) is 2.61. The first-order chi connectivity index (χ1) is 11.9. The lowest BCUT2D eigenvalue weighted by Crippen LogP contribution is -2.17. The number of nitrogens with zero attached hydrogens (tertiary/aromatic N) is 1. The summed E-state index contributed by atoms with van der Waals surface area (Å²) in [7, 11) is -2.73. The highest BCUT2D eigenvalue weighted by Gasteiger charge is 2.27. The third-order valence-electron chi connectivity index (χ3n) is 4.29. The van der Waals surface area contributed by atoms with Gasteiger partial charge in [-0.2, -0.15) is 0 Å². The maximum absolute atomic E-state index is 12.8. The second kappa shape index (κ2) is 6.72. The van der Waals surface area contributed by atoms with E-state index in [9.17, 15) is 18.5 Å². The van der Waals surface area contributed by atoms with Crippen molar-refractivity contribution >= 4 is 21.4 Å². The third-order valence-corrected chi connectivity index (χ3v) is 5.71. The number of rotatable bonds is 5. The molecule has 7 nitrogen and oxygen atoms in total. The van der Waals surface area contributed by atoms with Crippen molar-refractivity contribution in [3.8, 4) is 5.75 Å². The number of methoxy groups -OCH3 is 1. The van der Waals surface area contributed by atoms with Gasteiger partial charge in [0.05, 0.1) is 23.8 Å². The van der Waals surface area contributed by atoms with E-state index in [1.807, 2.05) is 6.07 Å². The van der Waals surface area contributed by atoms with Crippen LogP contribution in [0.5, 0.6) is 5.75 Å². The molecule has 0 spiro atoms. The van der Waals surface area contributed by atoms with E-state index < -0.39 is 20.6 Å². The van der Waals surface area contributed by atoms with Crippen LogP contribution in [0.15, 0.2) is 41.3 Å². The fraction of sp³-hybridized carbons (Fsp3) is 0.294. The second-order valence-electron chi connectivity index (χ2n) is 5.85. The summed E-state index contributed by atoms with van der Waals surface area (Å²) in [6.45, 7) is 0. The Hall–Kier alpha value is -2.61. The Balaban J connectivity index is 2.03. The molecule has 0 aliphatic heterocycles. The van der Waals surface area contributed by atoms with Crippen molar-refractivity contribution in [2.45, 2.75) is 30.6 Å². The van der Waals surface area contributed by atoms with Gasteiger partial charge < -0.3 is 4.74 Å². The van der Waals surface area contributed by atoms with Crippen LogP contribution in [0.25, 0.3) is 0 Å². The molecule has 1 aliphatic carbocycles. The van der Waals surface area contributed by atoms with Gasteiger partial charge in [-0.25, -0.2) is 8.42 Å². The monoisotopic (exact) mass is 362 g/mol. The van der Waals surface area contributed by atoms with E-state index in [-0.39, 0.29) is 10.6 Å². The number of nitro groups is 1. The molecular weight excluding hydrogens is 344 g/mol. The lowest BCUT2D eigenvalue weighted by Gasteiger charge is -2.20. The van der Waals surface area contributed by atoms with Crippen molar-refractivity contribution in [2.75, 3.05) is 11.8 Å². The molecule has 0 saturated heterocycles. The summed E-state index contributed by atoms with van der Waals surface area (Å²) in [5, 5.41) is 11.3. The van der Waals surface area contributed by atoms with Gasteiger partial charge in [0.15, 0.2) is 4.90 Å². The molecule has 0 heterocycles. The molecule has 8 heteroatoms. The Labute approximate surface area is 145 Å². The zero-order valence-electron chi connectivity index (χ0n) is 13.7. The Morgan fingerprint density at radius 3 is 2.64 bits per heavy atom. The van der Waals surface area contributed by atoms with E-state index in [0.29, 0.717) is 5.69 Å². The maximum atomic E-state index is 12.8. The predicted octanol–water partition coefficient (Wildman–Crippen LogP) is 3.28. The molecule has 132 valence electrons. The van der Waals surface area contributed by atoms with Gasteiger partial charge in [-0.1, -0.05) is 12.1 Å². The molecule has 0 bridgehead atoms. The molecule has 0 aromatic heterocycles. The molecule has 25 heavy (non-hydrogen) atoms. The van der Waals surface area contributed by atoms with Crippen LogP contribution in [0.4, 0.5) is 11.4 Å². The van der Waals surface area contributed by atoms with Crippen LogP contribution >= 0.6 is 0 Å². The number of benzene rings is 2. The summed E-state index contributed by atoms with van der Waals surface area (Å²) >= 11 is 0. The van der Waals surface area contributed by atoms with Gasteiger partial charge in [-0.3, -0.25) is 14.8 Å². The molecule has 1 N–H and O–H groups in total. The van der Waals surface area contributed by atoms with Crippen LogP contribution in [-0.2, 0) is 22.9 Å². The average molecular weight is 362 g/mol. The number of nitrogens with one attached hydrogen (secondary N) is 1. The standard InChI is InChI=1S/C17H18N2O5S/c1-24-13-9-10-17(16(11-13)19(20)21)25(22,23)18-15-8-4-6-12-5-2-3-7-14(12)15/h4,6,8-11,18H,2-3,5,7H2,1H3. The van der Waals surface area contributed by atoms with E-state index in [4.69, 9.17) is 4.74 Å². The lowest BCUT2D eigenvalue weighted by molar-refractivity contribution is -0.387. The minimum atomic E-state index is -4.09. The first-order valence-electron chi connectivity index (χ1n) is 7.88. The summed E-state index contributed by atoms with van der Waals surface area (Å²) in [6.07, 6.45) is 3.77. The second-order valence-corrected chi connectivity index (χ2v) is 7.50. The van der Waals surface area contributed by atoms with E-state index >= 15 is 0 Å². The highest BCUT2D eigenvalue weighted by Crippen LogP contribution is 2.32. The van der Waals surface area contributed by atoms with Crippen LogP contribution < -0.4 is 9.46 Å². The Morgan fingerprint density at radius 1 is 1.16 bits per heavy atom. The summed E-state index contributed by atoms with van der Waals surface area (Å²) < 4.78 is 33.0. The summed E-state index contributed by atoms with van der Waals surface area (Å²) in [5.74, 6) is 0.225. The number of aryl methyl sites for hydroxylation is 1. The topological polar surface area (TPSA) is 98.5 Å². The fourth-order valence-corrected chi connectivity index (χ4v) is 4.32. The Bertz CT molecular complexity index is 925. The lowest BCUT2D eigenvalue weighted by atomic mass is 9.91. The van der Waals surface area contributed by atoms with Crippen molar-refractivity contribution in [1.82, 2.24) is 0 Å². The SMILES string of the molecule is COc1ccc(S(=O)(=O)Nc2cccc3c2CCCC3)c([N+](=O)[O-])c1. The van der Waals surface area contributed by atoms with Crippen LogP contribution in [0, 0.1) is 10.1 Å². The van der Waals surface area contributed by atoms with E-state index in [0.717, 1.165) is 42.9 Å². The minimum Gasteiger partial charge on any atom is -0.497 e. The molecule has 0 saturated carbocycles.